The molecule has 1 aliphatic rings. The average molecular weight is 158 g/mol. The second kappa shape index (κ2) is 2.83. The van der Waals surface area contributed by atoms with Crippen LogP contribution in [-0.4, -0.2) is 30.0 Å². The molecule has 3 heteroatoms. The van der Waals surface area contributed by atoms with E-state index in [9.17, 15) is 0 Å². The molecule has 1 fully saturated rings. The van der Waals surface area contributed by atoms with Gasteiger partial charge >= 0.3 is 0 Å². The van der Waals surface area contributed by atoms with Crippen LogP contribution in [0.5, 0.6) is 0 Å². The molecule has 64 valence electrons. The van der Waals surface area contributed by atoms with Gasteiger partial charge in [-0.15, -0.1) is 0 Å². The first-order valence-electron chi connectivity index (χ1n) is 3.69. The molecular formula is C8H14O3. The SMILES string of the molecule is CC(C)=C1OCC1(CO)CO. The third-order valence-corrected chi connectivity index (χ3v) is 2.03. The van der Waals surface area contributed by atoms with Crippen molar-refractivity contribution in [3.8, 4) is 0 Å². The van der Waals surface area contributed by atoms with Crippen LogP contribution in [0.3, 0.4) is 0 Å². The Labute approximate surface area is 66.3 Å². The van der Waals surface area contributed by atoms with Gasteiger partial charge in [-0.2, -0.15) is 0 Å². The van der Waals surface area contributed by atoms with E-state index in [4.69, 9.17) is 14.9 Å². The van der Waals surface area contributed by atoms with Crippen LogP contribution >= 0.6 is 0 Å². The number of ether oxygens (including phenoxy) is 1. The Kier molecular flexibility index (Phi) is 2.20. The van der Waals surface area contributed by atoms with E-state index in [2.05, 4.69) is 0 Å². The summed E-state index contributed by atoms with van der Waals surface area (Å²) in [5.41, 5.74) is 0.540. The van der Waals surface area contributed by atoms with Crippen molar-refractivity contribution >= 4 is 0 Å². The minimum absolute atomic E-state index is 0.0377. The zero-order valence-electron chi connectivity index (χ0n) is 6.92. The molecule has 11 heavy (non-hydrogen) atoms. The van der Waals surface area contributed by atoms with Crippen molar-refractivity contribution in [2.75, 3.05) is 19.8 Å². The largest absolute Gasteiger partial charge is 0.496 e. The van der Waals surface area contributed by atoms with Crippen molar-refractivity contribution in [1.82, 2.24) is 0 Å². The van der Waals surface area contributed by atoms with E-state index >= 15 is 0 Å². The molecule has 0 aliphatic carbocycles. The minimum Gasteiger partial charge on any atom is -0.496 e. The quantitative estimate of drug-likeness (QED) is 0.607. The van der Waals surface area contributed by atoms with E-state index in [-0.39, 0.29) is 13.2 Å². The highest BCUT2D eigenvalue weighted by Crippen LogP contribution is 2.39. The lowest BCUT2D eigenvalue weighted by molar-refractivity contribution is -0.0977. The molecular weight excluding hydrogens is 144 g/mol. The lowest BCUT2D eigenvalue weighted by atomic mass is 9.82. The first-order valence-corrected chi connectivity index (χ1v) is 3.69. The second-order valence-corrected chi connectivity index (χ2v) is 3.21. The topological polar surface area (TPSA) is 49.7 Å². The van der Waals surface area contributed by atoms with Crippen molar-refractivity contribution in [1.29, 1.82) is 0 Å². The number of aliphatic hydroxyl groups excluding tert-OH is 2. The van der Waals surface area contributed by atoms with Gasteiger partial charge in [0.2, 0.25) is 0 Å². The molecule has 0 amide bonds. The maximum Gasteiger partial charge on any atom is 0.109 e. The maximum atomic E-state index is 8.98. The Morgan fingerprint density at radius 3 is 2.09 bits per heavy atom. The summed E-state index contributed by atoms with van der Waals surface area (Å²) in [5.74, 6) is 0.752. The van der Waals surface area contributed by atoms with Gasteiger partial charge in [0.1, 0.15) is 17.8 Å². The molecule has 0 aromatic heterocycles. The molecule has 0 spiro atoms. The van der Waals surface area contributed by atoms with Gasteiger partial charge in [-0.25, -0.2) is 0 Å². The molecule has 0 unspecified atom stereocenters. The van der Waals surface area contributed by atoms with Crippen LogP contribution in [-0.2, 0) is 4.74 Å². The molecule has 1 aliphatic heterocycles. The highest BCUT2D eigenvalue weighted by molar-refractivity contribution is 5.20. The molecule has 0 saturated carbocycles. The lowest BCUT2D eigenvalue weighted by Gasteiger charge is -2.42. The van der Waals surface area contributed by atoms with Gasteiger partial charge in [0, 0.05) is 0 Å². The second-order valence-electron chi connectivity index (χ2n) is 3.21. The third kappa shape index (κ3) is 1.14. The Bertz CT molecular complexity index is 170. The summed E-state index contributed by atoms with van der Waals surface area (Å²) in [4.78, 5) is 0. The van der Waals surface area contributed by atoms with Gasteiger partial charge in [0.15, 0.2) is 0 Å². The number of aliphatic hydroxyl groups is 2. The van der Waals surface area contributed by atoms with E-state index in [0.29, 0.717) is 6.61 Å². The minimum atomic E-state index is -0.487. The molecule has 3 nitrogen and oxygen atoms in total. The molecule has 1 heterocycles. The van der Waals surface area contributed by atoms with Crippen LogP contribution in [0.4, 0.5) is 0 Å². The summed E-state index contributed by atoms with van der Waals surface area (Å²) >= 11 is 0. The summed E-state index contributed by atoms with van der Waals surface area (Å²) in [6, 6.07) is 0. The van der Waals surface area contributed by atoms with Gasteiger partial charge in [0.25, 0.3) is 0 Å². The molecule has 2 N–H and O–H groups in total. The summed E-state index contributed by atoms with van der Waals surface area (Å²) in [7, 11) is 0. The fourth-order valence-corrected chi connectivity index (χ4v) is 1.31. The summed E-state index contributed by atoms with van der Waals surface area (Å²) < 4.78 is 5.15. The van der Waals surface area contributed by atoms with Crippen LogP contribution in [0.15, 0.2) is 11.3 Å². The van der Waals surface area contributed by atoms with E-state index < -0.39 is 5.41 Å². The van der Waals surface area contributed by atoms with E-state index in [1.54, 1.807) is 0 Å². The smallest absolute Gasteiger partial charge is 0.109 e. The lowest BCUT2D eigenvalue weighted by Crippen LogP contribution is -2.47. The first-order chi connectivity index (χ1) is 5.16. The maximum absolute atomic E-state index is 8.98. The van der Waals surface area contributed by atoms with E-state index in [0.717, 1.165) is 11.3 Å². The van der Waals surface area contributed by atoms with Gasteiger partial charge in [-0.3, -0.25) is 0 Å². The Balaban J connectivity index is 2.81. The monoisotopic (exact) mass is 158 g/mol. The Morgan fingerprint density at radius 1 is 1.45 bits per heavy atom. The molecule has 0 aromatic rings. The predicted molar refractivity (Wildman–Crippen MR) is 40.9 cm³/mol. The van der Waals surface area contributed by atoms with E-state index in [1.807, 2.05) is 13.8 Å². The molecule has 0 aromatic carbocycles. The summed E-state index contributed by atoms with van der Waals surface area (Å²) in [5, 5.41) is 18.0. The Morgan fingerprint density at radius 2 is 2.00 bits per heavy atom. The van der Waals surface area contributed by atoms with Crippen molar-refractivity contribution in [3.63, 3.8) is 0 Å². The highest BCUT2D eigenvalue weighted by Gasteiger charge is 2.44. The highest BCUT2D eigenvalue weighted by atomic mass is 16.5. The van der Waals surface area contributed by atoms with Gasteiger partial charge in [0.05, 0.1) is 13.2 Å². The zero-order chi connectivity index (χ0) is 8.48. The Hall–Kier alpha value is -0.540. The predicted octanol–water partition coefficient (Wildman–Crippen LogP) is 0.281. The van der Waals surface area contributed by atoms with Crippen molar-refractivity contribution in [2.45, 2.75) is 13.8 Å². The molecule has 0 bridgehead atoms. The van der Waals surface area contributed by atoms with Crippen LogP contribution in [0.1, 0.15) is 13.8 Å². The fourth-order valence-electron chi connectivity index (χ4n) is 1.31. The van der Waals surface area contributed by atoms with Crippen LogP contribution in [0, 0.1) is 5.41 Å². The van der Waals surface area contributed by atoms with E-state index in [1.165, 1.54) is 0 Å². The van der Waals surface area contributed by atoms with Crippen LogP contribution in [0.2, 0.25) is 0 Å². The third-order valence-electron chi connectivity index (χ3n) is 2.03. The summed E-state index contributed by atoms with van der Waals surface area (Å²) in [6.07, 6.45) is 0. The van der Waals surface area contributed by atoms with Crippen LogP contribution < -0.4 is 0 Å². The van der Waals surface area contributed by atoms with Gasteiger partial charge < -0.3 is 14.9 Å². The standard InChI is InChI=1S/C8H14O3/c1-6(2)7-8(3-9,4-10)5-11-7/h9-10H,3-5H2,1-2H3. The number of allylic oxidation sites excluding steroid dienone is 1. The van der Waals surface area contributed by atoms with Gasteiger partial charge in [-0.1, -0.05) is 0 Å². The van der Waals surface area contributed by atoms with Crippen molar-refractivity contribution in [2.24, 2.45) is 5.41 Å². The van der Waals surface area contributed by atoms with Crippen molar-refractivity contribution in [3.05, 3.63) is 11.3 Å². The van der Waals surface area contributed by atoms with Gasteiger partial charge in [-0.05, 0) is 19.4 Å². The number of hydrogen-bond acceptors (Lipinski definition) is 3. The average Bonchev–Trinajstić information content (AvgIpc) is 1.87. The zero-order valence-corrected chi connectivity index (χ0v) is 6.92. The molecule has 0 radical (unpaired) electrons. The molecule has 0 atom stereocenters. The van der Waals surface area contributed by atoms with Crippen LogP contribution in [0.25, 0.3) is 0 Å². The first kappa shape index (κ1) is 8.56. The van der Waals surface area contributed by atoms with Crippen molar-refractivity contribution < 1.29 is 14.9 Å². The fraction of sp³-hybridized carbons (Fsp3) is 0.750. The number of hydrogen-bond donors (Lipinski definition) is 2. The molecule has 1 saturated heterocycles. The normalized spacial score (nSPS) is 20.5. The summed E-state index contributed by atoms with van der Waals surface area (Å²) in [6.45, 7) is 4.18. The number of rotatable bonds is 2. The molecule has 1 rings (SSSR count).